The van der Waals surface area contributed by atoms with Crippen LogP contribution in [0.1, 0.15) is 19.8 Å². The summed E-state index contributed by atoms with van der Waals surface area (Å²) >= 11 is 1.68. The van der Waals surface area contributed by atoms with Gasteiger partial charge in [-0.2, -0.15) is 11.8 Å². The van der Waals surface area contributed by atoms with E-state index >= 15 is 0 Å². The van der Waals surface area contributed by atoms with Crippen LogP contribution in [0.3, 0.4) is 0 Å². The molecule has 0 bridgehead atoms. The van der Waals surface area contributed by atoms with Crippen molar-refractivity contribution in [3.05, 3.63) is 0 Å². The minimum atomic E-state index is -0.588. The normalized spacial score (nSPS) is 19.8. The van der Waals surface area contributed by atoms with Gasteiger partial charge in [0.15, 0.2) is 0 Å². The van der Waals surface area contributed by atoms with Crippen LogP contribution in [0, 0.1) is 0 Å². The molecule has 0 aromatic heterocycles. The van der Waals surface area contributed by atoms with E-state index in [0.29, 0.717) is 19.5 Å². The van der Waals surface area contributed by atoms with Crippen LogP contribution in [0.5, 0.6) is 0 Å². The minimum absolute atomic E-state index is 0.174. The Morgan fingerprint density at radius 3 is 2.69 bits per heavy atom. The highest BCUT2D eigenvalue weighted by Crippen LogP contribution is 2.24. The van der Waals surface area contributed by atoms with Gasteiger partial charge < -0.3 is 10.0 Å². The van der Waals surface area contributed by atoms with Gasteiger partial charge in [-0.15, -0.1) is 0 Å². The number of amides is 1. The lowest BCUT2D eigenvalue weighted by molar-refractivity contribution is -0.155. The van der Waals surface area contributed by atoms with Gasteiger partial charge in [0.05, 0.1) is 18.7 Å². The zero-order chi connectivity index (χ0) is 9.90. The predicted octanol–water partition coefficient (Wildman–Crippen LogP) is 0.723. The van der Waals surface area contributed by atoms with Gasteiger partial charge >= 0.3 is 0 Å². The lowest BCUT2D eigenvalue weighted by Crippen LogP contribution is -2.63. The number of thioether (sulfide) groups is 1. The summed E-state index contributed by atoms with van der Waals surface area (Å²) in [5.41, 5.74) is -0.588. The molecule has 0 spiro atoms. The maximum Gasteiger partial charge on any atom is 0.223 e. The minimum Gasteiger partial charge on any atom is -0.386 e. The third kappa shape index (κ3) is 2.61. The average molecular weight is 203 g/mol. The highest BCUT2D eigenvalue weighted by molar-refractivity contribution is 7.98. The van der Waals surface area contributed by atoms with Crippen LogP contribution in [-0.2, 0) is 4.79 Å². The molecule has 0 saturated carbocycles. The van der Waals surface area contributed by atoms with E-state index < -0.39 is 5.60 Å². The van der Waals surface area contributed by atoms with Crippen LogP contribution in [-0.4, -0.2) is 46.6 Å². The van der Waals surface area contributed by atoms with E-state index in [-0.39, 0.29) is 5.91 Å². The standard InChI is InChI=1S/C9H17NO2S/c1-3-9(12)6-10(7-9)8(11)4-5-13-2/h12H,3-7H2,1-2H3. The van der Waals surface area contributed by atoms with Gasteiger partial charge in [0, 0.05) is 12.2 Å². The number of rotatable bonds is 4. The summed E-state index contributed by atoms with van der Waals surface area (Å²) in [4.78, 5) is 13.1. The van der Waals surface area contributed by atoms with Crippen molar-refractivity contribution in [3.63, 3.8) is 0 Å². The van der Waals surface area contributed by atoms with Gasteiger partial charge in [-0.1, -0.05) is 6.92 Å². The summed E-state index contributed by atoms with van der Waals surface area (Å²) in [5, 5.41) is 9.66. The molecule has 1 fully saturated rings. The highest BCUT2D eigenvalue weighted by Gasteiger charge is 2.41. The molecule has 1 rings (SSSR count). The van der Waals surface area contributed by atoms with Gasteiger partial charge in [-0.25, -0.2) is 0 Å². The molecular formula is C9H17NO2S. The van der Waals surface area contributed by atoms with E-state index in [1.54, 1.807) is 16.7 Å². The number of hydrogen-bond donors (Lipinski definition) is 1. The number of carbonyl (C=O) groups is 1. The van der Waals surface area contributed by atoms with Crippen LogP contribution in [0.4, 0.5) is 0 Å². The second-order valence-corrected chi connectivity index (χ2v) is 4.56. The van der Waals surface area contributed by atoms with E-state index in [1.165, 1.54) is 0 Å². The fourth-order valence-electron chi connectivity index (χ4n) is 1.41. The Kier molecular flexibility index (Phi) is 3.62. The van der Waals surface area contributed by atoms with Crippen molar-refractivity contribution < 1.29 is 9.90 Å². The van der Waals surface area contributed by atoms with E-state index in [9.17, 15) is 9.90 Å². The zero-order valence-electron chi connectivity index (χ0n) is 8.25. The summed E-state index contributed by atoms with van der Waals surface area (Å²) in [5.74, 6) is 1.05. The molecule has 13 heavy (non-hydrogen) atoms. The summed E-state index contributed by atoms with van der Waals surface area (Å²) in [6.07, 6.45) is 3.33. The van der Waals surface area contributed by atoms with Crippen molar-refractivity contribution in [3.8, 4) is 0 Å². The van der Waals surface area contributed by atoms with Gasteiger partial charge in [0.1, 0.15) is 0 Å². The molecule has 1 aliphatic rings. The molecule has 0 atom stereocenters. The lowest BCUT2D eigenvalue weighted by atomic mass is 9.91. The van der Waals surface area contributed by atoms with Gasteiger partial charge in [-0.3, -0.25) is 4.79 Å². The molecule has 1 saturated heterocycles. The molecule has 1 aliphatic heterocycles. The molecule has 76 valence electrons. The monoisotopic (exact) mass is 203 g/mol. The summed E-state index contributed by atoms with van der Waals surface area (Å²) < 4.78 is 0. The Morgan fingerprint density at radius 2 is 2.23 bits per heavy atom. The smallest absolute Gasteiger partial charge is 0.223 e. The number of likely N-dealkylation sites (tertiary alicyclic amines) is 1. The van der Waals surface area contributed by atoms with E-state index in [0.717, 1.165) is 12.2 Å². The second kappa shape index (κ2) is 4.33. The number of carbonyl (C=O) groups excluding carboxylic acids is 1. The molecule has 3 nitrogen and oxygen atoms in total. The molecule has 0 aliphatic carbocycles. The van der Waals surface area contributed by atoms with Crippen LogP contribution < -0.4 is 0 Å². The molecule has 0 unspecified atom stereocenters. The lowest BCUT2D eigenvalue weighted by Gasteiger charge is -2.46. The first kappa shape index (κ1) is 10.9. The van der Waals surface area contributed by atoms with Crippen molar-refractivity contribution in [2.45, 2.75) is 25.4 Å². The first-order chi connectivity index (χ1) is 6.11. The molecule has 0 radical (unpaired) electrons. The molecule has 4 heteroatoms. The molecule has 0 aromatic carbocycles. The van der Waals surface area contributed by atoms with Gasteiger partial charge in [-0.05, 0) is 12.7 Å². The molecular weight excluding hydrogens is 186 g/mol. The Morgan fingerprint density at radius 1 is 1.62 bits per heavy atom. The Hall–Kier alpha value is -0.220. The maximum atomic E-state index is 11.4. The first-order valence-electron chi connectivity index (χ1n) is 4.60. The van der Waals surface area contributed by atoms with Crippen molar-refractivity contribution in [1.29, 1.82) is 0 Å². The summed E-state index contributed by atoms with van der Waals surface area (Å²) in [6.45, 7) is 3.00. The van der Waals surface area contributed by atoms with Crippen LogP contribution in [0.25, 0.3) is 0 Å². The largest absolute Gasteiger partial charge is 0.386 e. The molecule has 1 amide bonds. The number of hydrogen-bond acceptors (Lipinski definition) is 3. The number of nitrogens with zero attached hydrogens (tertiary/aromatic N) is 1. The SMILES string of the molecule is CCC1(O)CN(C(=O)CCSC)C1. The quantitative estimate of drug-likeness (QED) is 0.732. The third-order valence-electron chi connectivity index (χ3n) is 2.50. The van der Waals surface area contributed by atoms with Gasteiger partial charge in [0.2, 0.25) is 5.91 Å². The van der Waals surface area contributed by atoms with E-state index in [2.05, 4.69) is 0 Å². The number of β-amino-alcohol motifs (C(OH)–C–C–N with tert-alkyl or cyclic N) is 1. The highest BCUT2D eigenvalue weighted by atomic mass is 32.2. The van der Waals surface area contributed by atoms with Crippen molar-refractivity contribution >= 4 is 17.7 Å². The fourth-order valence-corrected chi connectivity index (χ4v) is 1.79. The van der Waals surface area contributed by atoms with Crippen LogP contribution >= 0.6 is 11.8 Å². The van der Waals surface area contributed by atoms with Crippen molar-refractivity contribution in [1.82, 2.24) is 4.90 Å². The number of aliphatic hydroxyl groups is 1. The summed E-state index contributed by atoms with van der Waals surface area (Å²) in [7, 11) is 0. The molecule has 1 N–H and O–H groups in total. The van der Waals surface area contributed by atoms with E-state index in [4.69, 9.17) is 0 Å². The second-order valence-electron chi connectivity index (χ2n) is 3.57. The third-order valence-corrected chi connectivity index (χ3v) is 3.11. The van der Waals surface area contributed by atoms with Crippen LogP contribution in [0.2, 0.25) is 0 Å². The summed E-state index contributed by atoms with van der Waals surface area (Å²) in [6, 6.07) is 0. The van der Waals surface area contributed by atoms with Crippen molar-refractivity contribution in [2.75, 3.05) is 25.1 Å². The van der Waals surface area contributed by atoms with E-state index in [1.807, 2.05) is 13.2 Å². The first-order valence-corrected chi connectivity index (χ1v) is 6.00. The average Bonchev–Trinajstić information content (AvgIpc) is 2.09. The molecule has 0 aromatic rings. The maximum absolute atomic E-state index is 11.4. The topological polar surface area (TPSA) is 40.5 Å². The zero-order valence-corrected chi connectivity index (χ0v) is 9.06. The predicted molar refractivity (Wildman–Crippen MR) is 54.8 cm³/mol. The Balaban J connectivity index is 2.23. The fraction of sp³-hybridized carbons (Fsp3) is 0.889. The van der Waals surface area contributed by atoms with Crippen LogP contribution in [0.15, 0.2) is 0 Å². The van der Waals surface area contributed by atoms with Crippen molar-refractivity contribution in [2.24, 2.45) is 0 Å². The molecule has 1 heterocycles. The Labute approximate surface area is 83.5 Å². The van der Waals surface area contributed by atoms with Gasteiger partial charge in [0.25, 0.3) is 0 Å². The Bertz CT molecular complexity index is 190.